The van der Waals surface area contributed by atoms with Crippen LogP contribution in [0.3, 0.4) is 0 Å². The van der Waals surface area contributed by atoms with Gasteiger partial charge in [0.1, 0.15) is 11.5 Å². The molecule has 0 bridgehead atoms. The Morgan fingerprint density at radius 3 is 3.00 bits per heavy atom. The summed E-state index contributed by atoms with van der Waals surface area (Å²) in [7, 11) is 0. The highest BCUT2D eigenvalue weighted by Crippen LogP contribution is 2.38. The van der Waals surface area contributed by atoms with Gasteiger partial charge in [0.15, 0.2) is 0 Å². The van der Waals surface area contributed by atoms with Crippen molar-refractivity contribution in [3.05, 3.63) is 17.7 Å². The van der Waals surface area contributed by atoms with Crippen LogP contribution in [-0.4, -0.2) is 39.9 Å². The van der Waals surface area contributed by atoms with Gasteiger partial charge >= 0.3 is 0 Å². The number of hydrogen-bond acceptors (Lipinski definition) is 3. The Bertz CT molecular complexity index is 452. The summed E-state index contributed by atoms with van der Waals surface area (Å²) in [5.41, 5.74) is 6.32. The minimum absolute atomic E-state index is 0.0675. The Balaban J connectivity index is 1.73. The average molecular weight is 248 g/mol. The van der Waals surface area contributed by atoms with Gasteiger partial charge in [0, 0.05) is 18.5 Å². The topological polar surface area (TPSA) is 75.0 Å². The highest BCUT2D eigenvalue weighted by Gasteiger charge is 2.33. The number of carbonyl (C=O) groups is 1. The molecule has 2 heterocycles. The molecule has 1 saturated carbocycles. The standard InChI is InChI=1S/C13H20N4O/c1-8-4-9(5-14)7-17(8)13(18)11-6-15-12(16-11)10-2-3-10/h6,8-10H,2-5,7,14H2,1H3,(H,15,16). The zero-order valence-corrected chi connectivity index (χ0v) is 10.7. The van der Waals surface area contributed by atoms with Gasteiger partial charge in [0.25, 0.3) is 5.91 Å². The van der Waals surface area contributed by atoms with Crippen molar-refractivity contribution in [2.24, 2.45) is 11.7 Å². The molecule has 0 aromatic carbocycles. The fourth-order valence-electron chi connectivity index (χ4n) is 2.76. The molecule has 98 valence electrons. The van der Waals surface area contributed by atoms with Crippen LogP contribution in [0.25, 0.3) is 0 Å². The second-order valence-corrected chi connectivity index (χ2v) is 5.60. The van der Waals surface area contributed by atoms with Crippen LogP contribution in [0.5, 0.6) is 0 Å². The Labute approximate surface area is 107 Å². The third-order valence-corrected chi connectivity index (χ3v) is 4.05. The average Bonchev–Trinajstić information content (AvgIpc) is 2.98. The van der Waals surface area contributed by atoms with Gasteiger partial charge in [-0.15, -0.1) is 0 Å². The van der Waals surface area contributed by atoms with E-state index >= 15 is 0 Å². The number of likely N-dealkylation sites (tertiary alicyclic amines) is 1. The summed E-state index contributed by atoms with van der Waals surface area (Å²) in [6, 6.07) is 0.277. The smallest absolute Gasteiger partial charge is 0.272 e. The molecule has 0 spiro atoms. The molecular formula is C13H20N4O. The molecule has 3 N–H and O–H groups in total. The minimum atomic E-state index is 0.0675. The predicted molar refractivity (Wildman–Crippen MR) is 68.2 cm³/mol. The van der Waals surface area contributed by atoms with Crippen molar-refractivity contribution in [2.75, 3.05) is 13.1 Å². The van der Waals surface area contributed by atoms with E-state index in [4.69, 9.17) is 5.73 Å². The van der Waals surface area contributed by atoms with Gasteiger partial charge in [0.05, 0.1) is 6.20 Å². The Hall–Kier alpha value is -1.36. The molecule has 5 heteroatoms. The molecule has 0 radical (unpaired) electrons. The van der Waals surface area contributed by atoms with Crippen LogP contribution in [0.4, 0.5) is 0 Å². The molecule has 2 aliphatic rings. The van der Waals surface area contributed by atoms with Crippen LogP contribution in [0.15, 0.2) is 6.20 Å². The zero-order chi connectivity index (χ0) is 12.7. The van der Waals surface area contributed by atoms with Gasteiger partial charge in [-0.2, -0.15) is 0 Å². The molecule has 18 heavy (non-hydrogen) atoms. The number of hydrogen-bond donors (Lipinski definition) is 2. The summed E-state index contributed by atoms with van der Waals surface area (Å²) in [4.78, 5) is 21.8. The van der Waals surface area contributed by atoms with E-state index < -0.39 is 0 Å². The molecule has 1 saturated heterocycles. The summed E-state index contributed by atoms with van der Waals surface area (Å²) >= 11 is 0. The second kappa shape index (κ2) is 4.39. The fourth-order valence-corrected chi connectivity index (χ4v) is 2.76. The van der Waals surface area contributed by atoms with Gasteiger partial charge in [-0.3, -0.25) is 4.79 Å². The summed E-state index contributed by atoms with van der Waals surface area (Å²) < 4.78 is 0. The van der Waals surface area contributed by atoms with Crippen LogP contribution >= 0.6 is 0 Å². The van der Waals surface area contributed by atoms with E-state index in [2.05, 4.69) is 16.9 Å². The van der Waals surface area contributed by atoms with Crippen molar-refractivity contribution in [3.63, 3.8) is 0 Å². The zero-order valence-electron chi connectivity index (χ0n) is 10.7. The molecule has 2 unspecified atom stereocenters. The van der Waals surface area contributed by atoms with Gasteiger partial charge in [-0.05, 0) is 38.6 Å². The van der Waals surface area contributed by atoms with E-state index in [1.54, 1.807) is 6.20 Å². The number of rotatable bonds is 3. The quantitative estimate of drug-likeness (QED) is 0.841. The third kappa shape index (κ3) is 2.03. The molecule has 1 aliphatic carbocycles. The maximum atomic E-state index is 12.4. The number of amides is 1. The largest absolute Gasteiger partial charge is 0.338 e. The fraction of sp³-hybridized carbons (Fsp3) is 0.692. The van der Waals surface area contributed by atoms with Crippen molar-refractivity contribution in [3.8, 4) is 0 Å². The summed E-state index contributed by atoms with van der Waals surface area (Å²) in [6.45, 7) is 3.52. The first-order valence-corrected chi connectivity index (χ1v) is 6.75. The lowest BCUT2D eigenvalue weighted by Crippen LogP contribution is -2.34. The van der Waals surface area contributed by atoms with E-state index in [0.717, 1.165) is 18.8 Å². The highest BCUT2D eigenvalue weighted by molar-refractivity contribution is 5.92. The molecule has 1 aliphatic heterocycles. The van der Waals surface area contributed by atoms with Gasteiger partial charge in [-0.25, -0.2) is 4.98 Å². The molecule has 1 amide bonds. The van der Waals surface area contributed by atoms with Crippen molar-refractivity contribution in [1.29, 1.82) is 0 Å². The second-order valence-electron chi connectivity index (χ2n) is 5.60. The number of nitrogens with one attached hydrogen (secondary N) is 1. The Morgan fingerprint density at radius 1 is 1.61 bits per heavy atom. The van der Waals surface area contributed by atoms with E-state index in [0.29, 0.717) is 24.1 Å². The predicted octanol–water partition coefficient (Wildman–Crippen LogP) is 1.10. The SMILES string of the molecule is CC1CC(CN)CN1C(=O)c1cnc(C2CC2)[nH]1. The minimum Gasteiger partial charge on any atom is -0.338 e. The Morgan fingerprint density at radius 2 is 2.39 bits per heavy atom. The normalized spacial score (nSPS) is 27.8. The monoisotopic (exact) mass is 248 g/mol. The van der Waals surface area contributed by atoms with Gasteiger partial charge in [-0.1, -0.05) is 0 Å². The number of carbonyl (C=O) groups excluding carboxylic acids is 1. The molecule has 1 aromatic rings. The number of imidazole rings is 1. The van der Waals surface area contributed by atoms with Crippen molar-refractivity contribution >= 4 is 5.91 Å². The summed E-state index contributed by atoms with van der Waals surface area (Å²) in [5, 5.41) is 0. The number of aromatic nitrogens is 2. The number of nitrogens with zero attached hydrogens (tertiary/aromatic N) is 2. The molecule has 3 rings (SSSR count). The van der Waals surface area contributed by atoms with E-state index in [-0.39, 0.29) is 11.9 Å². The van der Waals surface area contributed by atoms with Crippen LogP contribution < -0.4 is 5.73 Å². The van der Waals surface area contributed by atoms with Crippen LogP contribution in [0.2, 0.25) is 0 Å². The van der Waals surface area contributed by atoms with Crippen LogP contribution in [0, 0.1) is 5.92 Å². The molecule has 2 atom stereocenters. The molecule has 1 aromatic heterocycles. The van der Waals surface area contributed by atoms with E-state index in [9.17, 15) is 4.79 Å². The number of aromatic amines is 1. The molecule has 2 fully saturated rings. The molecule has 5 nitrogen and oxygen atoms in total. The lowest BCUT2D eigenvalue weighted by Gasteiger charge is -2.20. The molecular weight excluding hydrogens is 228 g/mol. The number of H-pyrrole nitrogens is 1. The maximum Gasteiger partial charge on any atom is 0.272 e. The van der Waals surface area contributed by atoms with Gasteiger partial charge in [0.2, 0.25) is 0 Å². The van der Waals surface area contributed by atoms with E-state index in [1.165, 1.54) is 12.8 Å². The summed E-state index contributed by atoms with van der Waals surface area (Å²) in [5.74, 6) is 2.03. The lowest BCUT2D eigenvalue weighted by molar-refractivity contribution is 0.0738. The van der Waals surface area contributed by atoms with Crippen LogP contribution in [-0.2, 0) is 0 Å². The van der Waals surface area contributed by atoms with Gasteiger partial charge < -0.3 is 15.6 Å². The number of nitrogens with two attached hydrogens (primary N) is 1. The van der Waals surface area contributed by atoms with E-state index in [1.807, 2.05) is 4.90 Å². The third-order valence-electron chi connectivity index (χ3n) is 4.05. The Kier molecular flexibility index (Phi) is 2.86. The summed E-state index contributed by atoms with van der Waals surface area (Å²) in [6.07, 6.45) is 5.07. The lowest BCUT2D eigenvalue weighted by atomic mass is 10.1. The first kappa shape index (κ1) is 11.7. The highest BCUT2D eigenvalue weighted by atomic mass is 16.2. The van der Waals surface area contributed by atoms with Crippen LogP contribution in [0.1, 0.15) is 48.4 Å². The van der Waals surface area contributed by atoms with Crippen molar-refractivity contribution < 1.29 is 4.79 Å². The first-order valence-electron chi connectivity index (χ1n) is 6.75. The maximum absolute atomic E-state index is 12.4. The van der Waals surface area contributed by atoms with Crippen molar-refractivity contribution in [2.45, 2.75) is 38.1 Å². The van der Waals surface area contributed by atoms with Crippen molar-refractivity contribution in [1.82, 2.24) is 14.9 Å². The first-order chi connectivity index (χ1) is 8.69.